The number of anilines is 1. The van der Waals surface area contributed by atoms with Gasteiger partial charge in [0.2, 0.25) is 0 Å². The van der Waals surface area contributed by atoms with Gasteiger partial charge in [-0.2, -0.15) is 0 Å². The van der Waals surface area contributed by atoms with Gasteiger partial charge < -0.3 is 14.7 Å². The SMILES string of the molecule is [N-]=[N+]=Nc1cccc(C(=O)O)c1N1CCOCC1. The molecule has 18 heavy (non-hydrogen) atoms. The lowest BCUT2D eigenvalue weighted by molar-refractivity contribution is 0.0696. The van der Waals surface area contributed by atoms with Crippen LogP contribution in [-0.4, -0.2) is 37.4 Å². The van der Waals surface area contributed by atoms with Crippen LogP contribution in [-0.2, 0) is 4.74 Å². The molecule has 7 nitrogen and oxygen atoms in total. The number of azide groups is 1. The van der Waals surface area contributed by atoms with Gasteiger partial charge in [0, 0.05) is 18.0 Å². The second-order valence-corrected chi connectivity index (χ2v) is 3.77. The number of ether oxygens (including phenoxy) is 1. The molecule has 0 unspecified atom stereocenters. The zero-order valence-corrected chi connectivity index (χ0v) is 9.61. The molecule has 2 rings (SSSR count). The van der Waals surface area contributed by atoms with E-state index in [0.717, 1.165) is 0 Å². The summed E-state index contributed by atoms with van der Waals surface area (Å²) in [4.78, 5) is 15.8. The number of hydrogen-bond donors (Lipinski definition) is 1. The molecule has 7 heteroatoms. The molecule has 1 aliphatic heterocycles. The van der Waals surface area contributed by atoms with Crippen LogP contribution in [0.5, 0.6) is 0 Å². The Kier molecular flexibility index (Phi) is 3.66. The number of carboxylic acids is 1. The van der Waals surface area contributed by atoms with Gasteiger partial charge >= 0.3 is 5.97 Å². The van der Waals surface area contributed by atoms with E-state index in [1.54, 1.807) is 12.1 Å². The fourth-order valence-corrected chi connectivity index (χ4v) is 1.95. The minimum absolute atomic E-state index is 0.141. The van der Waals surface area contributed by atoms with Crippen LogP contribution < -0.4 is 4.90 Å². The Labute approximate surface area is 103 Å². The Balaban J connectivity index is 2.51. The van der Waals surface area contributed by atoms with Crippen molar-refractivity contribution in [1.29, 1.82) is 0 Å². The highest BCUT2D eigenvalue weighted by Gasteiger charge is 2.21. The molecule has 0 amide bonds. The number of hydrogen-bond acceptors (Lipinski definition) is 4. The molecule has 1 heterocycles. The van der Waals surface area contributed by atoms with Gasteiger partial charge in [-0.25, -0.2) is 4.79 Å². The van der Waals surface area contributed by atoms with Crippen LogP contribution >= 0.6 is 0 Å². The number of para-hydroxylation sites is 1. The minimum atomic E-state index is -1.04. The van der Waals surface area contributed by atoms with Gasteiger partial charge in [-0.15, -0.1) is 0 Å². The second kappa shape index (κ2) is 5.39. The fraction of sp³-hybridized carbons (Fsp3) is 0.364. The van der Waals surface area contributed by atoms with Crippen molar-refractivity contribution in [1.82, 2.24) is 0 Å². The van der Waals surface area contributed by atoms with Gasteiger partial charge in [0.25, 0.3) is 0 Å². The molecule has 1 aromatic rings. The Hall–Kier alpha value is -2.24. The van der Waals surface area contributed by atoms with E-state index in [2.05, 4.69) is 10.0 Å². The predicted octanol–water partition coefficient (Wildman–Crippen LogP) is 2.16. The van der Waals surface area contributed by atoms with E-state index in [1.165, 1.54) is 6.07 Å². The quantitative estimate of drug-likeness (QED) is 0.503. The zero-order chi connectivity index (χ0) is 13.0. The predicted molar refractivity (Wildman–Crippen MR) is 65.2 cm³/mol. The molecule has 0 radical (unpaired) electrons. The molecule has 1 saturated heterocycles. The van der Waals surface area contributed by atoms with E-state index in [9.17, 15) is 9.90 Å². The maximum Gasteiger partial charge on any atom is 0.337 e. The number of rotatable bonds is 3. The fourth-order valence-electron chi connectivity index (χ4n) is 1.95. The van der Waals surface area contributed by atoms with Gasteiger partial charge in [-0.1, -0.05) is 17.2 Å². The average molecular weight is 248 g/mol. The molecule has 1 fully saturated rings. The maximum atomic E-state index is 11.2. The van der Waals surface area contributed by atoms with E-state index in [-0.39, 0.29) is 5.56 Å². The number of carboxylic acid groups (broad SMARTS) is 1. The molecule has 1 aliphatic rings. The van der Waals surface area contributed by atoms with E-state index in [4.69, 9.17) is 10.3 Å². The third kappa shape index (κ3) is 2.37. The van der Waals surface area contributed by atoms with Crippen molar-refractivity contribution in [3.05, 3.63) is 34.2 Å². The van der Waals surface area contributed by atoms with Gasteiger partial charge in [0.1, 0.15) is 0 Å². The summed E-state index contributed by atoms with van der Waals surface area (Å²) in [5, 5.41) is 12.8. The molecule has 0 bridgehead atoms. The van der Waals surface area contributed by atoms with Crippen molar-refractivity contribution < 1.29 is 14.6 Å². The Morgan fingerprint density at radius 2 is 2.17 bits per heavy atom. The largest absolute Gasteiger partial charge is 0.478 e. The first-order chi connectivity index (χ1) is 8.74. The zero-order valence-electron chi connectivity index (χ0n) is 9.61. The van der Waals surface area contributed by atoms with Gasteiger partial charge in [0.05, 0.1) is 30.2 Å². The number of morpholine rings is 1. The molecule has 0 aromatic heterocycles. The number of carbonyl (C=O) groups is 1. The number of nitrogens with zero attached hydrogens (tertiary/aromatic N) is 4. The third-order valence-corrected chi connectivity index (χ3v) is 2.72. The summed E-state index contributed by atoms with van der Waals surface area (Å²) in [6.07, 6.45) is 0. The smallest absolute Gasteiger partial charge is 0.337 e. The van der Waals surface area contributed by atoms with Crippen LogP contribution in [0.15, 0.2) is 23.3 Å². The lowest BCUT2D eigenvalue weighted by Crippen LogP contribution is -2.37. The summed E-state index contributed by atoms with van der Waals surface area (Å²) in [6, 6.07) is 4.68. The van der Waals surface area contributed by atoms with E-state index in [0.29, 0.717) is 37.7 Å². The monoisotopic (exact) mass is 248 g/mol. The normalized spacial score (nSPS) is 15.0. The molecule has 1 N–H and O–H groups in total. The topological polar surface area (TPSA) is 98.5 Å². The van der Waals surface area contributed by atoms with Crippen LogP contribution in [0.3, 0.4) is 0 Å². The molecule has 0 aliphatic carbocycles. The summed E-state index contributed by atoms with van der Waals surface area (Å²) in [5.41, 5.74) is 9.48. The van der Waals surface area contributed by atoms with Crippen molar-refractivity contribution in [2.24, 2.45) is 5.11 Å². The first kappa shape index (κ1) is 12.2. The molecule has 0 spiro atoms. The summed E-state index contributed by atoms with van der Waals surface area (Å²) >= 11 is 0. The third-order valence-electron chi connectivity index (χ3n) is 2.72. The van der Waals surface area contributed by atoms with Crippen LogP contribution in [0.2, 0.25) is 0 Å². The van der Waals surface area contributed by atoms with Crippen molar-refractivity contribution in [3.8, 4) is 0 Å². The highest BCUT2D eigenvalue weighted by Crippen LogP contribution is 2.33. The Bertz CT molecular complexity index is 485. The highest BCUT2D eigenvalue weighted by atomic mass is 16.5. The number of benzene rings is 1. The summed E-state index contributed by atoms with van der Waals surface area (Å²) in [6.45, 7) is 2.23. The minimum Gasteiger partial charge on any atom is -0.478 e. The standard InChI is InChI=1S/C11H12N4O3/c12-14-13-9-3-1-2-8(11(16)17)10(9)15-4-6-18-7-5-15/h1-3H,4-7H2,(H,16,17). The summed E-state index contributed by atoms with van der Waals surface area (Å²) < 4.78 is 5.23. The number of aromatic carboxylic acids is 1. The Morgan fingerprint density at radius 3 is 2.78 bits per heavy atom. The first-order valence-corrected chi connectivity index (χ1v) is 5.48. The molecule has 0 atom stereocenters. The molecule has 1 aromatic carbocycles. The van der Waals surface area contributed by atoms with E-state index < -0.39 is 5.97 Å². The molecular weight excluding hydrogens is 236 g/mol. The lowest BCUT2D eigenvalue weighted by atomic mass is 10.1. The second-order valence-electron chi connectivity index (χ2n) is 3.77. The van der Waals surface area contributed by atoms with E-state index in [1.807, 2.05) is 4.90 Å². The van der Waals surface area contributed by atoms with Crippen molar-refractivity contribution in [3.63, 3.8) is 0 Å². The lowest BCUT2D eigenvalue weighted by Gasteiger charge is -2.30. The summed E-state index contributed by atoms with van der Waals surface area (Å²) in [7, 11) is 0. The first-order valence-electron chi connectivity index (χ1n) is 5.48. The van der Waals surface area contributed by atoms with Crippen LogP contribution in [0.1, 0.15) is 10.4 Å². The molecular formula is C11H12N4O3. The molecule has 0 saturated carbocycles. The van der Waals surface area contributed by atoms with E-state index >= 15 is 0 Å². The van der Waals surface area contributed by atoms with Crippen LogP contribution in [0.4, 0.5) is 11.4 Å². The van der Waals surface area contributed by atoms with Crippen LogP contribution in [0.25, 0.3) is 10.4 Å². The van der Waals surface area contributed by atoms with Gasteiger partial charge in [-0.05, 0) is 11.6 Å². The van der Waals surface area contributed by atoms with Gasteiger partial charge in [-0.3, -0.25) is 0 Å². The van der Waals surface area contributed by atoms with Crippen molar-refractivity contribution >= 4 is 17.3 Å². The maximum absolute atomic E-state index is 11.2. The molecule has 94 valence electrons. The van der Waals surface area contributed by atoms with Crippen molar-refractivity contribution in [2.45, 2.75) is 0 Å². The van der Waals surface area contributed by atoms with Gasteiger partial charge in [0.15, 0.2) is 0 Å². The Morgan fingerprint density at radius 1 is 1.44 bits per heavy atom. The summed E-state index contributed by atoms with van der Waals surface area (Å²) in [5.74, 6) is -1.04. The average Bonchev–Trinajstić information content (AvgIpc) is 2.40. The van der Waals surface area contributed by atoms with Crippen molar-refractivity contribution in [2.75, 3.05) is 31.2 Å². The van der Waals surface area contributed by atoms with Crippen LogP contribution in [0, 0.1) is 0 Å². The highest BCUT2D eigenvalue weighted by molar-refractivity contribution is 5.97.